The van der Waals surface area contributed by atoms with Crippen LogP contribution in [0.4, 0.5) is 4.79 Å². The van der Waals surface area contributed by atoms with E-state index in [0.29, 0.717) is 26.3 Å². The molecule has 6 heteroatoms. The highest BCUT2D eigenvalue weighted by atomic mass is 16.6. The molecule has 1 rings (SSSR count). The summed E-state index contributed by atoms with van der Waals surface area (Å²) in [5, 5.41) is 9.23. The van der Waals surface area contributed by atoms with E-state index in [-0.39, 0.29) is 24.7 Å². The summed E-state index contributed by atoms with van der Waals surface area (Å²) in [7, 11) is 1.62. The average molecular weight is 275 g/mol. The van der Waals surface area contributed by atoms with Crippen LogP contribution < -0.4 is 0 Å². The number of hydrogen-bond acceptors (Lipinski definition) is 5. The Bertz CT molecular complexity index is 289. The number of carbonyl (C=O) groups excluding carboxylic acids is 1. The van der Waals surface area contributed by atoms with Gasteiger partial charge < -0.3 is 24.2 Å². The van der Waals surface area contributed by atoms with Crippen LogP contribution in [0.1, 0.15) is 20.8 Å². The molecule has 112 valence electrons. The van der Waals surface area contributed by atoms with E-state index < -0.39 is 5.60 Å². The lowest BCUT2D eigenvalue weighted by Gasteiger charge is -2.28. The van der Waals surface area contributed by atoms with Gasteiger partial charge >= 0.3 is 6.09 Å². The molecule has 0 aromatic rings. The second kappa shape index (κ2) is 7.07. The average Bonchev–Trinajstić information content (AvgIpc) is 2.50. The summed E-state index contributed by atoms with van der Waals surface area (Å²) in [5.74, 6) is 0.0917. The highest BCUT2D eigenvalue weighted by Gasteiger charge is 2.30. The van der Waals surface area contributed by atoms with Gasteiger partial charge in [-0.2, -0.15) is 0 Å². The van der Waals surface area contributed by atoms with Crippen molar-refractivity contribution >= 4 is 6.09 Å². The number of methoxy groups -OCH3 is 1. The molecule has 2 atom stereocenters. The van der Waals surface area contributed by atoms with Crippen LogP contribution in [0.2, 0.25) is 0 Å². The van der Waals surface area contributed by atoms with E-state index in [1.54, 1.807) is 12.0 Å². The fraction of sp³-hybridized carbons (Fsp3) is 0.923. The van der Waals surface area contributed by atoms with Gasteiger partial charge in [0.15, 0.2) is 0 Å². The standard InChI is InChI=1S/C13H25NO5/c1-13(2,3)19-12(16)14-5-10(8-17-4)9-18-11(6-14)7-15/h10-11,15H,5-9H2,1-4H3/t10?,11-/m0/s1. The molecular weight excluding hydrogens is 250 g/mol. The van der Waals surface area contributed by atoms with Crippen molar-refractivity contribution < 1.29 is 24.1 Å². The van der Waals surface area contributed by atoms with Crippen molar-refractivity contribution in [3.8, 4) is 0 Å². The third-order valence-corrected chi connectivity index (χ3v) is 2.73. The second-order valence-electron chi connectivity index (χ2n) is 5.84. The molecule has 1 N–H and O–H groups in total. The largest absolute Gasteiger partial charge is 0.444 e. The van der Waals surface area contributed by atoms with Gasteiger partial charge in [-0.1, -0.05) is 0 Å². The van der Waals surface area contributed by atoms with Crippen molar-refractivity contribution in [3.05, 3.63) is 0 Å². The number of aliphatic hydroxyl groups is 1. The lowest BCUT2D eigenvalue weighted by Crippen LogP contribution is -2.42. The number of aliphatic hydroxyl groups excluding tert-OH is 1. The first-order valence-electron chi connectivity index (χ1n) is 6.55. The van der Waals surface area contributed by atoms with E-state index >= 15 is 0 Å². The fourth-order valence-electron chi connectivity index (χ4n) is 1.93. The van der Waals surface area contributed by atoms with Crippen molar-refractivity contribution in [2.45, 2.75) is 32.5 Å². The molecule has 0 bridgehead atoms. The SMILES string of the molecule is COCC1CO[C@H](CO)CN(C(=O)OC(C)(C)C)C1. The zero-order chi connectivity index (χ0) is 14.5. The Kier molecular flexibility index (Phi) is 6.03. The summed E-state index contributed by atoms with van der Waals surface area (Å²) >= 11 is 0. The van der Waals surface area contributed by atoms with Gasteiger partial charge in [0.2, 0.25) is 0 Å². The van der Waals surface area contributed by atoms with Gasteiger partial charge in [-0.3, -0.25) is 0 Å². The molecule has 0 aromatic heterocycles. The molecule has 0 spiro atoms. The van der Waals surface area contributed by atoms with Gasteiger partial charge in [0, 0.05) is 19.6 Å². The predicted molar refractivity (Wildman–Crippen MR) is 70.0 cm³/mol. The van der Waals surface area contributed by atoms with Gasteiger partial charge in [-0.05, 0) is 20.8 Å². The van der Waals surface area contributed by atoms with Gasteiger partial charge in [-0.25, -0.2) is 4.79 Å². The topological polar surface area (TPSA) is 68.2 Å². The Morgan fingerprint density at radius 3 is 2.63 bits per heavy atom. The Labute approximate surface area is 114 Å². The van der Waals surface area contributed by atoms with Crippen LogP contribution in [0.25, 0.3) is 0 Å². The molecule has 1 saturated heterocycles. The molecule has 19 heavy (non-hydrogen) atoms. The van der Waals surface area contributed by atoms with E-state index in [0.717, 1.165) is 0 Å². The highest BCUT2D eigenvalue weighted by molar-refractivity contribution is 5.68. The molecular formula is C13H25NO5. The molecule has 0 saturated carbocycles. The minimum absolute atomic E-state index is 0.0917. The van der Waals surface area contributed by atoms with Crippen LogP contribution in [0.5, 0.6) is 0 Å². The maximum absolute atomic E-state index is 12.1. The van der Waals surface area contributed by atoms with Crippen molar-refractivity contribution in [3.63, 3.8) is 0 Å². The number of amides is 1. The molecule has 0 aliphatic carbocycles. The highest BCUT2D eigenvalue weighted by Crippen LogP contribution is 2.16. The molecule has 1 heterocycles. The van der Waals surface area contributed by atoms with Gasteiger partial charge in [0.05, 0.1) is 32.5 Å². The third-order valence-electron chi connectivity index (χ3n) is 2.73. The van der Waals surface area contributed by atoms with Gasteiger partial charge in [-0.15, -0.1) is 0 Å². The quantitative estimate of drug-likeness (QED) is 0.828. The van der Waals surface area contributed by atoms with E-state index in [4.69, 9.17) is 14.2 Å². The van der Waals surface area contributed by atoms with E-state index in [9.17, 15) is 9.90 Å². The monoisotopic (exact) mass is 275 g/mol. The summed E-state index contributed by atoms with van der Waals surface area (Å²) in [6, 6.07) is 0. The normalized spacial score (nSPS) is 25.0. The van der Waals surface area contributed by atoms with Crippen LogP contribution >= 0.6 is 0 Å². The Balaban J connectivity index is 2.68. The van der Waals surface area contributed by atoms with E-state index in [2.05, 4.69) is 0 Å². The number of rotatable bonds is 3. The van der Waals surface area contributed by atoms with E-state index in [1.165, 1.54) is 0 Å². The predicted octanol–water partition coefficient (Wildman–Crippen LogP) is 0.877. The molecule has 6 nitrogen and oxygen atoms in total. The number of carbonyl (C=O) groups is 1. The van der Waals surface area contributed by atoms with Crippen molar-refractivity contribution in [2.75, 3.05) is 40.0 Å². The molecule has 1 fully saturated rings. The Morgan fingerprint density at radius 1 is 1.42 bits per heavy atom. The Morgan fingerprint density at radius 2 is 2.11 bits per heavy atom. The summed E-state index contributed by atoms with van der Waals surface area (Å²) in [4.78, 5) is 13.7. The Hall–Kier alpha value is -0.850. The first-order chi connectivity index (χ1) is 8.85. The molecule has 1 aliphatic heterocycles. The van der Waals surface area contributed by atoms with Crippen LogP contribution in [0.3, 0.4) is 0 Å². The minimum Gasteiger partial charge on any atom is -0.444 e. The first kappa shape index (κ1) is 16.2. The van der Waals surface area contributed by atoms with Gasteiger partial charge in [0.25, 0.3) is 0 Å². The third kappa shape index (κ3) is 5.76. The summed E-state index contributed by atoms with van der Waals surface area (Å²) in [6.07, 6.45) is -0.744. The zero-order valence-corrected chi connectivity index (χ0v) is 12.2. The summed E-state index contributed by atoms with van der Waals surface area (Å²) in [5.41, 5.74) is -0.532. The van der Waals surface area contributed by atoms with Crippen LogP contribution in [0, 0.1) is 5.92 Å². The molecule has 1 unspecified atom stereocenters. The molecule has 1 amide bonds. The maximum Gasteiger partial charge on any atom is 0.410 e. The van der Waals surface area contributed by atoms with Crippen molar-refractivity contribution in [1.29, 1.82) is 0 Å². The molecule has 1 aliphatic rings. The minimum atomic E-state index is -0.532. The van der Waals surface area contributed by atoms with Crippen LogP contribution in [-0.4, -0.2) is 67.8 Å². The maximum atomic E-state index is 12.1. The lowest BCUT2D eigenvalue weighted by atomic mass is 10.1. The number of hydrogen-bond donors (Lipinski definition) is 1. The van der Waals surface area contributed by atoms with E-state index in [1.807, 2.05) is 20.8 Å². The van der Waals surface area contributed by atoms with Crippen molar-refractivity contribution in [2.24, 2.45) is 5.92 Å². The smallest absolute Gasteiger partial charge is 0.410 e. The summed E-state index contributed by atoms with van der Waals surface area (Å²) < 4.78 is 16.0. The summed E-state index contributed by atoms with van der Waals surface area (Å²) in [6.45, 7) is 7.21. The second-order valence-corrected chi connectivity index (χ2v) is 5.84. The van der Waals surface area contributed by atoms with Crippen LogP contribution in [-0.2, 0) is 14.2 Å². The van der Waals surface area contributed by atoms with Gasteiger partial charge in [0.1, 0.15) is 5.60 Å². The molecule has 0 aromatic carbocycles. The lowest BCUT2D eigenvalue weighted by molar-refractivity contribution is -0.00727. The first-order valence-corrected chi connectivity index (χ1v) is 6.55. The fourth-order valence-corrected chi connectivity index (χ4v) is 1.93. The van der Waals surface area contributed by atoms with Crippen LogP contribution in [0.15, 0.2) is 0 Å². The number of nitrogens with zero attached hydrogens (tertiary/aromatic N) is 1. The number of ether oxygens (including phenoxy) is 3. The zero-order valence-electron chi connectivity index (χ0n) is 12.2. The molecule has 0 radical (unpaired) electrons. The van der Waals surface area contributed by atoms with Crippen molar-refractivity contribution in [1.82, 2.24) is 4.90 Å².